The van der Waals surface area contributed by atoms with E-state index in [4.69, 9.17) is 11.6 Å². The van der Waals surface area contributed by atoms with E-state index < -0.39 is 0 Å². The van der Waals surface area contributed by atoms with E-state index in [1.165, 1.54) is 0 Å². The van der Waals surface area contributed by atoms with Crippen LogP contribution in [0.2, 0.25) is 5.02 Å². The summed E-state index contributed by atoms with van der Waals surface area (Å²) >= 11 is 9.32. The lowest BCUT2D eigenvalue weighted by Crippen LogP contribution is -1.91. The van der Waals surface area contributed by atoms with Crippen LogP contribution in [0.4, 0.5) is 5.69 Å². The summed E-state index contributed by atoms with van der Waals surface area (Å²) in [5.41, 5.74) is 1.90. The maximum atomic E-state index is 5.98. The van der Waals surface area contributed by atoms with Gasteiger partial charge in [0.1, 0.15) is 0 Å². The van der Waals surface area contributed by atoms with Gasteiger partial charge in [0, 0.05) is 17.7 Å². The van der Waals surface area contributed by atoms with Crippen LogP contribution in [0.1, 0.15) is 5.69 Å². The van der Waals surface area contributed by atoms with Crippen LogP contribution in [-0.4, -0.2) is 10.8 Å². The molecule has 0 bridgehead atoms. The van der Waals surface area contributed by atoms with Crippen LogP contribution in [0.15, 0.2) is 46.0 Å². The molecule has 0 saturated carbocycles. The number of aryl methyl sites for hydroxylation is 1. The molecule has 82 valence electrons. The molecule has 4 heteroatoms. The fourth-order valence-corrected chi connectivity index (χ4v) is 1.74. The Hall–Kier alpha value is -1.06. The Bertz CT molecular complexity index is 532. The van der Waals surface area contributed by atoms with E-state index in [0.717, 1.165) is 15.9 Å². The minimum atomic E-state index is 0.668. The summed E-state index contributed by atoms with van der Waals surface area (Å²) in [5.74, 6) is 0. The molecule has 0 aliphatic heterocycles. The summed E-state index contributed by atoms with van der Waals surface area (Å²) in [7, 11) is 1.98. The van der Waals surface area contributed by atoms with Crippen molar-refractivity contribution in [2.45, 2.75) is 0 Å². The van der Waals surface area contributed by atoms with Crippen molar-refractivity contribution in [1.82, 2.24) is 4.57 Å². The summed E-state index contributed by atoms with van der Waals surface area (Å²) in [4.78, 5) is 4.36. The second kappa shape index (κ2) is 4.85. The summed E-state index contributed by atoms with van der Waals surface area (Å²) in [6, 6.07) is 9.61. The molecule has 0 unspecified atom stereocenters. The van der Waals surface area contributed by atoms with Gasteiger partial charge in [-0.15, -0.1) is 0 Å². The Balaban J connectivity index is 2.24. The molecular weight excluding hydrogens is 288 g/mol. The minimum absolute atomic E-state index is 0.668. The number of aromatic nitrogens is 1. The molecule has 0 saturated heterocycles. The van der Waals surface area contributed by atoms with E-state index >= 15 is 0 Å². The summed E-state index contributed by atoms with van der Waals surface area (Å²) in [6.45, 7) is 0. The first kappa shape index (κ1) is 11.4. The van der Waals surface area contributed by atoms with Gasteiger partial charge in [-0.1, -0.05) is 11.6 Å². The smallest absolute Gasteiger partial charge is 0.0646 e. The maximum Gasteiger partial charge on any atom is 0.0646 e. The molecule has 0 amide bonds. The predicted octanol–water partition coefficient (Wildman–Crippen LogP) is 4.19. The third-order valence-corrected chi connectivity index (χ3v) is 3.47. The first-order valence-electron chi connectivity index (χ1n) is 4.77. The number of aliphatic imine (C=N–C) groups is 1. The van der Waals surface area contributed by atoms with Crippen molar-refractivity contribution >= 4 is 39.4 Å². The summed E-state index contributed by atoms with van der Waals surface area (Å²) in [6.07, 6.45) is 3.80. The second-order valence-corrected chi connectivity index (χ2v) is 4.66. The molecule has 0 fully saturated rings. The lowest BCUT2D eigenvalue weighted by Gasteiger charge is -1.98. The topological polar surface area (TPSA) is 17.3 Å². The van der Waals surface area contributed by atoms with Crippen molar-refractivity contribution in [2.75, 3.05) is 0 Å². The molecule has 16 heavy (non-hydrogen) atoms. The Morgan fingerprint density at radius 3 is 2.81 bits per heavy atom. The monoisotopic (exact) mass is 296 g/mol. The highest BCUT2D eigenvalue weighted by molar-refractivity contribution is 9.10. The van der Waals surface area contributed by atoms with E-state index in [1.807, 2.05) is 54.4 Å². The summed E-state index contributed by atoms with van der Waals surface area (Å²) < 4.78 is 2.89. The predicted molar refractivity (Wildman–Crippen MR) is 71.8 cm³/mol. The van der Waals surface area contributed by atoms with Gasteiger partial charge in [0.15, 0.2) is 0 Å². The molecule has 2 rings (SSSR count). The first-order valence-corrected chi connectivity index (χ1v) is 5.94. The van der Waals surface area contributed by atoms with E-state index in [1.54, 1.807) is 0 Å². The van der Waals surface area contributed by atoms with Gasteiger partial charge in [0.05, 0.1) is 22.6 Å². The van der Waals surface area contributed by atoms with Crippen molar-refractivity contribution in [2.24, 2.45) is 12.0 Å². The highest BCUT2D eigenvalue weighted by Crippen LogP contribution is 2.26. The molecule has 0 aliphatic rings. The molecule has 1 heterocycles. The van der Waals surface area contributed by atoms with Crippen LogP contribution >= 0.6 is 27.5 Å². The third kappa shape index (κ3) is 2.54. The van der Waals surface area contributed by atoms with E-state index in [-0.39, 0.29) is 0 Å². The fourth-order valence-electron chi connectivity index (χ4n) is 1.31. The van der Waals surface area contributed by atoms with Crippen LogP contribution < -0.4 is 0 Å². The molecule has 2 aromatic rings. The second-order valence-electron chi connectivity index (χ2n) is 3.40. The van der Waals surface area contributed by atoms with Gasteiger partial charge in [0.25, 0.3) is 0 Å². The Kier molecular flexibility index (Phi) is 3.46. The van der Waals surface area contributed by atoms with Crippen LogP contribution in [0, 0.1) is 0 Å². The first-order chi connectivity index (χ1) is 7.66. The Morgan fingerprint density at radius 2 is 2.19 bits per heavy atom. The number of halogens is 2. The number of rotatable bonds is 2. The number of benzene rings is 1. The fraction of sp³-hybridized carbons (Fsp3) is 0.0833. The van der Waals surface area contributed by atoms with Crippen LogP contribution in [0.25, 0.3) is 0 Å². The van der Waals surface area contributed by atoms with Gasteiger partial charge in [-0.2, -0.15) is 0 Å². The molecule has 0 N–H and O–H groups in total. The Morgan fingerprint density at radius 1 is 1.38 bits per heavy atom. The van der Waals surface area contributed by atoms with Gasteiger partial charge in [-0.3, -0.25) is 4.99 Å². The van der Waals surface area contributed by atoms with Gasteiger partial charge in [-0.05, 0) is 46.3 Å². The molecule has 0 aliphatic carbocycles. The zero-order valence-corrected chi connectivity index (χ0v) is 11.0. The van der Waals surface area contributed by atoms with E-state index in [9.17, 15) is 0 Å². The molecule has 2 nitrogen and oxygen atoms in total. The lowest BCUT2D eigenvalue weighted by atomic mass is 10.3. The minimum Gasteiger partial charge on any atom is -0.350 e. The zero-order valence-electron chi connectivity index (χ0n) is 8.69. The van der Waals surface area contributed by atoms with Crippen LogP contribution in [-0.2, 0) is 7.05 Å². The SMILES string of the molecule is Cn1cccc1C=Nc1ccc(Br)c(Cl)c1. The maximum absolute atomic E-state index is 5.98. The van der Waals surface area contributed by atoms with Crippen LogP contribution in [0.3, 0.4) is 0 Å². The van der Waals surface area contributed by atoms with Gasteiger partial charge >= 0.3 is 0 Å². The molecular formula is C12H10BrClN2. The van der Waals surface area contributed by atoms with E-state index in [0.29, 0.717) is 5.02 Å². The lowest BCUT2D eigenvalue weighted by molar-refractivity contribution is 0.918. The van der Waals surface area contributed by atoms with Gasteiger partial charge in [-0.25, -0.2) is 0 Å². The van der Waals surface area contributed by atoms with Gasteiger partial charge < -0.3 is 4.57 Å². The average molecular weight is 298 g/mol. The average Bonchev–Trinajstić information content (AvgIpc) is 2.66. The highest BCUT2D eigenvalue weighted by atomic mass is 79.9. The quantitative estimate of drug-likeness (QED) is 0.740. The highest BCUT2D eigenvalue weighted by Gasteiger charge is 1.97. The van der Waals surface area contributed by atoms with Crippen LogP contribution in [0.5, 0.6) is 0 Å². The molecule has 0 radical (unpaired) electrons. The largest absolute Gasteiger partial charge is 0.350 e. The Labute approximate surface area is 108 Å². The van der Waals surface area contributed by atoms with Crippen molar-refractivity contribution in [1.29, 1.82) is 0 Å². The molecule has 1 aromatic heterocycles. The third-order valence-electron chi connectivity index (χ3n) is 2.23. The van der Waals surface area contributed by atoms with E-state index in [2.05, 4.69) is 20.9 Å². The molecule has 0 atom stereocenters. The van der Waals surface area contributed by atoms with Crippen molar-refractivity contribution in [3.8, 4) is 0 Å². The molecule has 0 spiro atoms. The van der Waals surface area contributed by atoms with Gasteiger partial charge in [0.2, 0.25) is 0 Å². The normalized spacial score (nSPS) is 11.2. The standard InChI is InChI=1S/C12H10BrClN2/c1-16-6-2-3-10(16)8-15-9-4-5-11(13)12(14)7-9/h2-8H,1H3. The zero-order chi connectivity index (χ0) is 11.5. The number of hydrogen-bond donors (Lipinski definition) is 0. The van der Waals surface area contributed by atoms with Crippen molar-refractivity contribution in [3.63, 3.8) is 0 Å². The summed E-state index contributed by atoms with van der Waals surface area (Å²) in [5, 5.41) is 0.668. The number of hydrogen-bond acceptors (Lipinski definition) is 1. The molecule has 1 aromatic carbocycles. The number of nitrogens with zero attached hydrogens (tertiary/aromatic N) is 2. The van der Waals surface area contributed by atoms with Crippen molar-refractivity contribution < 1.29 is 0 Å². The van der Waals surface area contributed by atoms with Crippen molar-refractivity contribution in [3.05, 3.63) is 51.7 Å².